The number of aryl methyl sites for hydroxylation is 1. The third-order valence-corrected chi connectivity index (χ3v) is 3.90. The maximum Gasteiger partial charge on any atom is 0.228 e. The van der Waals surface area contributed by atoms with Gasteiger partial charge in [-0.25, -0.2) is 0 Å². The second-order valence-electron chi connectivity index (χ2n) is 4.57. The Morgan fingerprint density at radius 1 is 1.25 bits per heavy atom. The Bertz CT molecular complexity index is 633. The van der Waals surface area contributed by atoms with Gasteiger partial charge in [-0.3, -0.25) is 4.79 Å². The highest BCUT2D eigenvalue weighted by Crippen LogP contribution is 2.30. The molecule has 104 valence electrons. The van der Waals surface area contributed by atoms with Crippen molar-refractivity contribution in [2.75, 3.05) is 11.1 Å². The number of nitrogen functional groups attached to an aromatic ring is 1. The Kier molecular flexibility index (Phi) is 4.83. The van der Waals surface area contributed by atoms with Crippen molar-refractivity contribution in [3.8, 4) is 0 Å². The van der Waals surface area contributed by atoms with Gasteiger partial charge in [0.15, 0.2) is 0 Å². The summed E-state index contributed by atoms with van der Waals surface area (Å²) in [6.45, 7) is 1.95. The predicted octanol–water partition coefficient (Wildman–Crippen LogP) is 4.28. The SMILES string of the molecule is Cc1cc(N)c(NC(=O)Cc2cccc(Br)c2)c(Br)c1. The number of rotatable bonds is 3. The first-order valence-corrected chi connectivity index (χ1v) is 7.64. The van der Waals surface area contributed by atoms with Crippen molar-refractivity contribution in [3.63, 3.8) is 0 Å². The summed E-state index contributed by atoms with van der Waals surface area (Å²) in [5.74, 6) is -0.0978. The van der Waals surface area contributed by atoms with Gasteiger partial charge in [-0.15, -0.1) is 0 Å². The zero-order chi connectivity index (χ0) is 14.7. The van der Waals surface area contributed by atoms with Crippen LogP contribution in [0.3, 0.4) is 0 Å². The van der Waals surface area contributed by atoms with E-state index in [9.17, 15) is 4.79 Å². The first-order chi connectivity index (χ1) is 9.45. The molecule has 0 unspecified atom stereocenters. The van der Waals surface area contributed by atoms with Gasteiger partial charge in [0, 0.05) is 8.95 Å². The molecule has 0 heterocycles. The van der Waals surface area contributed by atoms with E-state index in [1.807, 2.05) is 43.3 Å². The van der Waals surface area contributed by atoms with Crippen LogP contribution in [0, 0.1) is 6.92 Å². The van der Waals surface area contributed by atoms with Crippen molar-refractivity contribution in [2.45, 2.75) is 13.3 Å². The molecule has 0 aliphatic rings. The molecule has 2 rings (SSSR count). The molecule has 0 aliphatic heterocycles. The fourth-order valence-electron chi connectivity index (χ4n) is 1.92. The Morgan fingerprint density at radius 3 is 2.65 bits per heavy atom. The van der Waals surface area contributed by atoms with Gasteiger partial charge >= 0.3 is 0 Å². The summed E-state index contributed by atoms with van der Waals surface area (Å²) in [4.78, 5) is 12.1. The number of hydrogen-bond donors (Lipinski definition) is 2. The van der Waals surface area contributed by atoms with Crippen LogP contribution in [0.4, 0.5) is 11.4 Å². The molecule has 0 bridgehead atoms. The average molecular weight is 398 g/mol. The lowest BCUT2D eigenvalue weighted by Crippen LogP contribution is -2.16. The lowest BCUT2D eigenvalue weighted by molar-refractivity contribution is -0.115. The van der Waals surface area contributed by atoms with E-state index in [-0.39, 0.29) is 5.91 Å². The number of halogens is 2. The Hall–Kier alpha value is -1.33. The monoisotopic (exact) mass is 396 g/mol. The number of nitrogens with one attached hydrogen (secondary N) is 1. The Balaban J connectivity index is 2.13. The standard InChI is InChI=1S/C15H14Br2N2O/c1-9-5-12(17)15(13(18)6-9)19-14(20)8-10-3-2-4-11(16)7-10/h2-7H,8,18H2,1H3,(H,19,20). The van der Waals surface area contributed by atoms with Crippen LogP contribution in [0.15, 0.2) is 45.3 Å². The smallest absolute Gasteiger partial charge is 0.228 e. The Morgan fingerprint density at radius 2 is 2.00 bits per heavy atom. The highest BCUT2D eigenvalue weighted by Gasteiger charge is 2.10. The van der Waals surface area contributed by atoms with Gasteiger partial charge in [-0.1, -0.05) is 28.1 Å². The fraction of sp³-hybridized carbons (Fsp3) is 0.133. The molecule has 0 saturated carbocycles. The van der Waals surface area contributed by atoms with Crippen molar-refractivity contribution in [1.82, 2.24) is 0 Å². The minimum Gasteiger partial charge on any atom is -0.397 e. The zero-order valence-corrected chi connectivity index (χ0v) is 14.1. The Labute approximate surface area is 134 Å². The van der Waals surface area contributed by atoms with Crippen molar-refractivity contribution >= 4 is 49.1 Å². The molecule has 0 aliphatic carbocycles. The number of nitrogens with two attached hydrogens (primary N) is 1. The molecule has 0 spiro atoms. The van der Waals surface area contributed by atoms with Crippen molar-refractivity contribution < 1.29 is 4.79 Å². The highest BCUT2D eigenvalue weighted by molar-refractivity contribution is 9.10. The van der Waals surface area contributed by atoms with Gasteiger partial charge in [0.2, 0.25) is 5.91 Å². The van der Waals surface area contributed by atoms with Gasteiger partial charge in [0.1, 0.15) is 0 Å². The van der Waals surface area contributed by atoms with Gasteiger partial charge in [-0.2, -0.15) is 0 Å². The third-order valence-electron chi connectivity index (χ3n) is 2.78. The summed E-state index contributed by atoms with van der Waals surface area (Å²) >= 11 is 6.81. The van der Waals surface area contributed by atoms with Gasteiger partial charge in [0.25, 0.3) is 0 Å². The first-order valence-electron chi connectivity index (χ1n) is 6.05. The van der Waals surface area contributed by atoms with Crippen molar-refractivity contribution in [1.29, 1.82) is 0 Å². The molecule has 0 aromatic heterocycles. The fourth-order valence-corrected chi connectivity index (χ4v) is 3.05. The van der Waals surface area contributed by atoms with E-state index >= 15 is 0 Å². The molecule has 0 saturated heterocycles. The van der Waals surface area contributed by atoms with Gasteiger partial charge in [-0.05, 0) is 58.2 Å². The van der Waals surface area contributed by atoms with E-state index < -0.39 is 0 Å². The molecule has 0 fully saturated rings. The van der Waals surface area contributed by atoms with E-state index in [2.05, 4.69) is 37.2 Å². The molecule has 0 radical (unpaired) electrons. The number of carbonyl (C=O) groups is 1. The maximum absolute atomic E-state index is 12.1. The third kappa shape index (κ3) is 3.84. The van der Waals surface area contributed by atoms with E-state index in [0.29, 0.717) is 17.8 Å². The van der Waals surface area contributed by atoms with Crippen LogP contribution >= 0.6 is 31.9 Å². The van der Waals surface area contributed by atoms with Crippen LogP contribution in [0.2, 0.25) is 0 Å². The molecule has 0 atom stereocenters. The number of benzene rings is 2. The van der Waals surface area contributed by atoms with Crippen LogP contribution in [-0.4, -0.2) is 5.91 Å². The zero-order valence-electron chi connectivity index (χ0n) is 10.9. The summed E-state index contributed by atoms with van der Waals surface area (Å²) in [6, 6.07) is 11.4. The van der Waals surface area contributed by atoms with Crippen LogP contribution < -0.4 is 11.1 Å². The second kappa shape index (κ2) is 6.41. The lowest BCUT2D eigenvalue weighted by Gasteiger charge is -2.11. The summed E-state index contributed by atoms with van der Waals surface area (Å²) in [7, 11) is 0. The van der Waals surface area contributed by atoms with E-state index in [1.54, 1.807) is 0 Å². The van der Waals surface area contributed by atoms with Crippen LogP contribution in [0.5, 0.6) is 0 Å². The predicted molar refractivity (Wildman–Crippen MR) is 89.8 cm³/mol. The van der Waals surface area contributed by atoms with Gasteiger partial charge in [0.05, 0.1) is 17.8 Å². The number of amides is 1. The summed E-state index contributed by atoms with van der Waals surface area (Å²) in [6.07, 6.45) is 0.305. The molecule has 5 heteroatoms. The lowest BCUT2D eigenvalue weighted by atomic mass is 10.1. The second-order valence-corrected chi connectivity index (χ2v) is 6.34. The molecular formula is C15H14Br2N2O. The number of anilines is 2. The summed E-state index contributed by atoms with van der Waals surface area (Å²) in [5.41, 5.74) is 9.10. The molecular weight excluding hydrogens is 384 g/mol. The highest BCUT2D eigenvalue weighted by atomic mass is 79.9. The normalized spacial score (nSPS) is 10.3. The summed E-state index contributed by atoms with van der Waals surface area (Å²) in [5, 5.41) is 2.85. The number of carbonyl (C=O) groups excluding carboxylic acids is 1. The molecule has 1 amide bonds. The minimum absolute atomic E-state index is 0.0978. The van der Waals surface area contributed by atoms with Crippen molar-refractivity contribution in [2.24, 2.45) is 0 Å². The first kappa shape index (κ1) is 15.1. The maximum atomic E-state index is 12.1. The molecule has 2 aromatic rings. The number of hydrogen-bond acceptors (Lipinski definition) is 2. The van der Waals surface area contributed by atoms with E-state index in [1.165, 1.54) is 0 Å². The average Bonchev–Trinajstić information content (AvgIpc) is 2.33. The minimum atomic E-state index is -0.0978. The topological polar surface area (TPSA) is 55.1 Å². The van der Waals surface area contributed by atoms with Crippen LogP contribution in [-0.2, 0) is 11.2 Å². The van der Waals surface area contributed by atoms with E-state index in [4.69, 9.17) is 5.73 Å². The van der Waals surface area contributed by atoms with Crippen molar-refractivity contribution in [3.05, 3.63) is 56.5 Å². The quantitative estimate of drug-likeness (QED) is 0.759. The van der Waals surface area contributed by atoms with Crippen LogP contribution in [0.1, 0.15) is 11.1 Å². The van der Waals surface area contributed by atoms with Gasteiger partial charge < -0.3 is 11.1 Å². The molecule has 2 aromatic carbocycles. The molecule has 20 heavy (non-hydrogen) atoms. The molecule has 3 N–H and O–H groups in total. The summed E-state index contributed by atoms with van der Waals surface area (Å²) < 4.78 is 1.75. The molecule has 3 nitrogen and oxygen atoms in total. The largest absolute Gasteiger partial charge is 0.397 e. The van der Waals surface area contributed by atoms with E-state index in [0.717, 1.165) is 20.1 Å². The van der Waals surface area contributed by atoms with Crippen LogP contribution in [0.25, 0.3) is 0 Å².